The number of quaternary nitrogens is 2. The second kappa shape index (κ2) is 12.3. The van der Waals surface area contributed by atoms with Gasteiger partial charge in [0.05, 0.1) is 11.1 Å². The second-order valence-electron chi connectivity index (χ2n) is 9.39. The standard InChI is InChI=1S/C28H28F3N7O/c1-19(38-12-10-37(2)11-13-38)24-8-7-22(15-25(24)28(29,30)31)36-27(39)21-14-20(16-33-17-21)5-6-23-18-34-26(35-23)4-3-9-32/h3-4,7-9,14-19,32H,10-13H2,1-2H3,(H,34,35)(H,36,39)/p+2/b4-3-,32-9?/t19-/m1/s1. The summed E-state index contributed by atoms with van der Waals surface area (Å²) in [7, 11) is 2.00. The maximum Gasteiger partial charge on any atom is 0.416 e. The number of allylic oxidation sites excluding steroid dienone is 2. The third-order valence-corrected chi connectivity index (χ3v) is 6.61. The van der Waals surface area contributed by atoms with E-state index in [1.165, 1.54) is 23.8 Å². The number of pyridine rings is 1. The SMILES string of the molecule is C[C@H](c1ccc([NH2+]C(=O)c2cncc(C#CC3=CN=C(/C=C\C=N)[NH2+]3)c2)cc1C(F)(F)F)N1CCN(C)CC1. The van der Waals surface area contributed by atoms with Crippen LogP contribution in [0.2, 0.25) is 0 Å². The maximum absolute atomic E-state index is 14.0. The summed E-state index contributed by atoms with van der Waals surface area (Å²) in [5.74, 6) is 6.08. The highest BCUT2D eigenvalue weighted by molar-refractivity contribution is 5.91. The van der Waals surface area contributed by atoms with Gasteiger partial charge in [-0.2, -0.15) is 18.2 Å². The molecule has 0 bridgehead atoms. The van der Waals surface area contributed by atoms with Crippen LogP contribution in [0, 0.1) is 17.3 Å². The molecule has 2 aliphatic rings. The Morgan fingerprint density at radius 1 is 1.18 bits per heavy atom. The van der Waals surface area contributed by atoms with Gasteiger partial charge in [0.25, 0.3) is 0 Å². The summed E-state index contributed by atoms with van der Waals surface area (Å²) in [5, 5.41) is 9.98. The van der Waals surface area contributed by atoms with Gasteiger partial charge in [0.1, 0.15) is 11.9 Å². The van der Waals surface area contributed by atoms with Crippen LogP contribution in [0.25, 0.3) is 0 Å². The van der Waals surface area contributed by atoms with Crippen LogP contribution in [0.3, 0.4) is 0 Å². The number of amidine groups is 1. The molecule has 1 aromatic heterocycles. The predicted octanol–water partition coefficient (Wildman–Crippen LogP) is 1.82. The van der Waals surface area contributed by atoms with E-state index in [1.54, 1.807) is 42.7 Å². The van der Waals surface area contributed by atoms with Gasteiger partial charge < -0.3 is 10.3 Å². The highest BCUT2D eigenvalue weighted by Gasteiger charge is 2.37. The zero-order valence-electron chi connectivity index (χ0n) is 21.7. The summed E-state index contributed by atoms with van der Waals surface area (Å²) in [6.45, 7) is 4.79. The van der Waals surface area contributed by atoms with Gasteiger partial charge in [0, 0.05) is 68.5 Å². The van der Waals surface area contributed by atoms with Gasteiger partial charge in [-0.1, -0.05) is 12.0 Å². The minimum Gasteiger partial charge on any atom is -0.309 e. The Kier molecular flexibility index (Phi) is 8.83. The number of rotatable bonds is 6. The van der Waals surface area contributed by atoms with Crippen molar-refractivity contribution in [1.29, 1.82) is 5.41 Å². The molecule has 3 heterocycles. The van der Waals surface area contributed by atoms with Crippen LogP contribution in [-0.4, -0.2) is 66.0 Å². The number of alkyl halides is 3. The lowest BCUT2D eigenvalue weighted by Gasteiger charge is -2.37. The number of nitrogens with zero attached hydrogens (tertiary/aromatic N) is 4. The van der Waals surface area contributed by atoms with Crippen molar-refractivity contribution < 1.29 is 28.6 Å². The van der Waals surface area contributed by atoms with E-state index in [0.717, 1.165) is 25.4 Å². The van der Waals surface area contributed by atoms with Crippen LogP contribution >= 0.6 is 0 Å². The number of benzene rings is 1. The first-order valence-electron chi connectivity index (χ1n) is 12.4. The Bertz CT molecular complexity index is 1390. The number of nitrogens with one attached hydrogen (secondary N) is 1. The number of carbonyl (C=O) groups is 1. The van der Waals surface area contributed by atoms with Crippen LogP contribution in [0.5, 0.6) is 0 Å². The van der Waals surface area contributed by atoms with E-state index in [-0.39, 0.29) is 16.8 Å². The quantitative estimate of drug-likeness (QED) is 0.297. The van der Waals surface area contributed by atoms with Gasteiger partial charge in [-0.15, -0.1) is 0 Å². The first-order valence-corrected chi connectivity index (χ1v) is 12.4. The van der Waals surface area contributed by atoms with E-state index in [2.05, 4.69) is 31.6 Å². The lowest BCUT2D eigenvalue weighted by atomic mass is 9.98. The number of likely N-dealkylation sites (N-methyl/N-ethyl adjacent to an activating group) is 1. The summed E-state index contributed by atoms with van der Waals surface area (Å²) in [4.78, 5) is 25.4. The molecule has 0 spiro atoms. The molecule has 0 aliphatic carbocycles. The van der Waals surface area contributed by atoms with Crippen molar-refractivity contribution in [2.75, 3.05) is 33.2 Å². The monoisotopic (exact) mass is 537 g/mol. The molecule has 5 N–H and O–H groups in total. The fourth-order valence-electron chi connectivity index (χ4n) is 4.39. The fourth-order valence-corrected chi connectivity index (χ4v) is 4.39. The summed E-state index contributed by atoms with van der Waals surface area (Å²) in [6.07, 6.45) is 4.30. The molecule has 1 amide bonds. The normalized spacial score (nSPS) is 17.4. The Hall–Kier alpha value is -3.95. The third kappa shape index (κ3) is 7.34. The Balaban J connectivity index is 1.47. The molecular formula is C28H30F3N7O+2. The van der Waals surface area contributed by atoms with E-state index >= 15 is 0 Å². The number of carbonyl (C=O) groups excluding carboxylic acids is 1. The van der Waals surface area contributed by atoms with E-state index in [4.69, 9.17) is 5.41 Å². The van der Waals surface area contributed by atoms with Crippen LogP contribution < -0.4 is 10.6 Å². The average Bonchev–Trinajstić information content (AvgIpc) is 3.38. The Labute approximate surface area is 224 Å². The molecule has 0 saturated carbocycles. The van der Waals surface area contributed by atoms with Gasteiger partial charge in [0.15, 0.2) is 0 Å². The Morgan fingerprint density at radius 2 is 1.95 bits per heavy atom. The lowest BCUT2D eigenvalue weighted by Crippen LogP contribution is -2.83. The predicted molar refractivity (Wildman–Crippen MR) is 141 cm³/mol. The highest BCUT2D eigenvalue weighted by Crippen LogP contribution is 2.37. The molecule has 0 unspecified atom stereocenters. The summed E-state index contributed by atoms with van der Waals surface area (Å²) in [5.41, 5.74) is 1.01. The molecule has 0 radical (unpaired) electrons. The molecule has 39 heavy (non-hydrogen) atoms. The van der Waals surface area contributed by atoms with E-state index < -0.39 is 23.7 Å². The lowest BCUT2D eigenvalue weighted by molar-refractivity contribution is -0.470. The molecule has 8 nitrogen and oxygen atoms in total. The molecule has 2 aliphatic heterocycles. The number of halogens is 3. The van der Waals surface area contributed by atoms with Gasteiger partial charge >= 0.3 is 12.1 Å². The number of hydrogen-bond acceptors (Lipinski definition) is 6. The molecule has 1 saturated heterocycles. The number of aromatic nitrogens is 1. The minimum absolute atomic E-state index is 0.173. The summed E-state index contributed by atoms with van der Waals surface area (Å²) < 4.78 is 42.1. The molecule has 11 heteroatoms. The number of amides is 1. The number of piperazine rings is 1. The van der Waals surface area contributed by atoms with E-state index in [1.807, 2.05) is 7.05 Å². The van der Waals surface area contributed by atoms with Crippen molar-refractivity contribution in [2.24, 2.45) is 4.99 Å². The van der Waals surface area contributed by atoms with E-state index in [9.17, 15) is 18.0 Å². The molecular weight excluding hydrogens is 507 g/mol. The molecule has 202 valence electrons. The van der Waals surface area contributed by atoms with E-state index in [0.29, 0.717) is 30.2 Å². The van der Waals surface area contributed by atoms with Crippen molar-refractivity contribution in [1.82, 2.24) is 14.8 Å². The number of primary amides is 1. The first-order chi connectivity index (χ1) is 18.6. The fraction of sp³-hybridized carbons (Fsp3) is 0.286. The Morgan fingerprint density at radius 3 is 2.67 bits per heavy atom. The van der Waals surface area contributed by atoms with Crippen LogP contribution in [-0.2, 0) is 6.18 Å². The third-order valence-electron chi connectivity index (χ3n) is 6.61. The van der Waals surface area contributed by atoms with Gasteiger partial charge in [0.2, 0.25) is 11.5 Å². The van der Waals surface area contributed by atoms with Crippen molar-refractivity contribution in [3.05, 3.63) is 83.0 Å². The number of aliphatic imine (C=N–C) groups is 1. The van der Waals surface area contributed by atoms with Crippen molar-refractivity contribution in [3.8, 4) is 11.8 Å². The second-order valence-corrected chi connectivity index (χ2v) is 9.39. The molecule has 1 fully saturated rings. The largest absolute Gasteiger partial charge is 0.416 e. The zero-order chi connectivity index (χ0) is 28.0. The zero-order valence-corrected chi connectivity index (χ0v) is 21.7. The van der Waals surface area contributed by atoms with Crippen molar-refractivity contribution in [2.45, 2.75) is 19.1 Å². The molecule has 1 atom stereocenters. The molecule has 4 rings (SSSR count). The topological polar surface area (TPSA) is 106 Å². The summed E-state index contributed by atoms with van der Waals surface area (Å²) >= 11 is 0. The minimum atomic E-state index is -4.55. The first kappa shape index (κ1) is 28.1. The maximum atomic E-state index is 14.0. The van der Waals surface area contributed by atoms with Crippen LogP contribution in [0.4, 0.5) is 18.9 Å². The number of hydrogen-bond donors (Lipinski definition) is 3. The van der Waals surface area contributed by atoms with Gasteiger partial charge in [-0.3, -0.25) is 15.2 Å². The number of nitrogens with two attached hydrogens (primary N) is 2. The van der Waals surface area contributed by atoms with Crippen molar-refractivity contribution in [3.63, 3.8) is 0 Å². The van der Waals surface area contributed by atoms with Crippen molar-refractivity contribution >= 4 is 23.6 Å². The smallest absolute Gasteiger partial charge is 0.309 e. The molecule has 1 aromatic carbocycles. The average molecular weight is 538 g/mol. The van der Waals surface area contributed by atoms with Crippen LogP contribution in [0.1, 0.15) is 40.0 Å². The molecule has 2 aromatic rings. The van der Waals surface area contributed by atoms with Crippen LogP contribution in [0.15, 0.2) is 65.7 Å². The van der Waals surface area contributed by atoms with Gasteiger partial charge in [-0.25, -0.2) is 10.1 Å². The summed E-state index contributed by atoms with van der Waals surface area (Å²) in [6, 6.07) is 5.23. The van der Waals surface area contributed by atoms with Gasteiger partial charge in [-0.05, 0) is 43.7 Å². The highest BCUT2D eigenvalue weighted by atomic mass is 19.4.